The molecule has 2 N–H and O–H groups in total. The van der Waals surface area contributed by atoms with Crippen LogP contribution >= 0.6 is 22.6 Å². The maximum Gasteiger partial charge on any atom is 0.241 e. The molecule has 0 saturated heterocycles. The zero-order chi connectivity index (χ0) is 14.7. The summed E-state index contributed by atoms with van der Waals surface area (Å²) < 4.78 is 2.81. The Morgan fingerprint density at radius 3 is 2.62 bits per heavy atom. The van der Waals surface area contributed by atoms with Crippen LogP contribution in [0.2, 0.25) is 0 Å². The molecular formula is C13H12IN7. The van der Waals surface area contributed by atoms with E-state index in [1.165, 1.54) is 0 Å². The zero-order valence-corrected chi connectivity index (χ0v) is 13.3. The summed E-state index contributed by atoms with van der Waals surface area (Å²) in [5, 5.41) is 6.14. The van der Waals surface area contributed by atoms with Gasteiger partial charge in [0, 0.05) is 23.0 Å². The number of rotatable bonds is 4. The third-order valence-electron chi connectivity index (χ3n) is 2.70. The van der Waals surface area contributed by atoms with Crippen LogP contribution in [0.5, 0.6) is 0 Å². The van der Waals surface area contributed by atoms with E-state index in [9.17, 15) is 0 Å². The van der Waals surface area contributed by atoms with Gasteiger partial charge in [-0.3, -0.25) is 4.57 Å². The molecule has 0 aliphatic heterocycles. The van der Waals surface area contributed by atoms with Crippen molar-refractivity contribution >= 4 is 40.2 Å². The minimum absolute atomic E-state index is 0.474. The average molecular weight is 393 g/mol. The first-order chi connectivity index (χ1) is 10.3. The molecule has 0 fully saturated rings. The molecule has 3 aromatic rings. The van der Waals surface area contributed by atoms with Gasteiger partial charge in [0.2, 0.25) is 17.8 Å². The van der Waals surface area contributed by atoms with Crippen molar-refractivity contribution in [2.45, 2.75) is 0 Å². The van der Waals surface area contributed by atoms with Crippen LogP contribution < -0.4 is 10.6 Å². The molecule has 3 rings (SSSR count). The van der Waals surface area contributed by atoms with Crippen molar-refractivity contribution in [2.75, 3.05) is 17.7 Å². The van der Waals surface area contributed by atoms with Gasteiger partial charge in [-0.15, -0.1) is 0 Å². The Morgan fingerprint density at radius 1 is 1.10 bits per heavy atom. The number of nitrogens with zero attached hydrogens (tertiary/aromatic N) is 5. The Kier molecular flexibility index (Phi) is 3.95. The molecule has 0 amide bonds. The third-order valence-corrected chi connectivity index (χ3v) is 3.64. The van der Waals surface area contributed by atoms with Crippen LogP contribution in [0.15, 0.2) is 43.0 Å². The fourth-order valence-electron chi connectivity index (χ4n) is 1.71. The van der Waals surface area contributed by atoms with Crippen molar-refractivity contribution < 1.29 is 0 Å². The molecule has 7 nitrogen and oxygen atoms in total. The van der Waals surface area contributed by atoms with Gasteiger partial charge in [0.1, 0.15) is 6.33 Å². The summed E-state index contributed by atoms with van der Waals surface area (Å²) in [6, 6.07) is 7.93. The standard InChI is InChI=1S/C13H12IN7/c1-15-11-18-12(17-10-5-3-2-4-9(10)14)20-13(19-11)21-7-6-16-8-21/h2-8H,1H3,(H2,15,17,18,19,20). The van der Waals surface area contributed by atoms with E-state index in [0.29, 0.717) is 17.8 Å². The molecule has 0 aliphatic carbocycles. The second-order valence-corrected chi connectivity index (χ2v) is 5.27. The topological polar surface area (TPSA) is 80.5 Å². The Labute approximate surface area is 135 Å². The highest BCUT2D eigenvalue weighted by atomic mass is 127. The highest BCUT2D eigenvalue weighted by molar-refractivity contribution is 14.1. The van der Waals surface area contributed by atoms with Gasteiger partial charge >= 0.3 is 0 Å². The molecule has 2 heterocycles. The summed E-state index contributed by atoms with van der Waals surface area (Å²) in [6.45, 7) is 0. The lowest BCUT2D eigenvalue weighted by molar-refractivity contribution is 0.902. The van der Waals surface area contributed by atoms with Crippen LogP contribution in [0.3, 0.4) is 0 Å². The van der Waals surface area contributed by atoms with Crippen LogP contribution in [0, 0.1) is 3.57 Å². The molecule has 0 saturated carbocycles. The van der Waals surface area contributed by atoms with Crippen LogP contribution in [0.4, 0.5) is 17.6 Å². The normalized spacial score (nSPS) is 10.4. The number of nitrogens with one attached hydrogen (secondary N) is 2. The van der Waals surface area contributed by atoms with Crippen LogP contribution in [-0.2, 0) is 0 Å². The fraction of sp³-hybridized carbons (Fsp3) is 0.0769. The Morgan fingerprint density at radius 2 is 1.90 bits per heavy atom. The molecule has 0 aliphatic rings. The molecule has 2 aromatic heterocycles. The molecule has 0 atom stereocenters. The first kappa shape index (κ1) is 13.7. The number of para-hydroxylation sites is 1. The molecule has 0 unspecified atom stereocenters. The van der Waals surface area contributed by atoms with Gasteiger partial charge in [0.15, 0.2) is 0 Å². The highest BCUT2D eigenvalue weighted by Gasteiger charge is 2.08. The van der Waals surface area contributed by atoms with E-state index in [-0.39, 0.29) is 0 Å². The van der Waals surface area contributed by atoms with E-state index in [1.807, 2.05) is 24.3 Å². The Hall–Kier alpha value is -2.23. The molecule has 0 spiro atoms. The van der Waals surface area contributed by atoms with Gasteiger partial charge in [-0.25, -0.2) is 4.98 Å². The highest BCUT2D eigenvalue weighted by Crippen LogP contribution is 2.21. The minimum Gasteiger partial charge on any atom is -0.357 e. The summed E-state index contributed by atoms with van der Waals surface area (Å²) in [7, 11) is 1.77. The molecule has 0 radical (unpaired) electrons. The number of imidazole rings is 1. The number of anilines is 3. The maximum atomic E-state index is 4.41. The molecule has 1 aromatic carbocycles. The number of hydrogen-bond acceptors (Lipinski definition) is 6. The third kappa shape index (κ3) is 3.10. The monoisotopic (exact) mass is 393 g/mol. The van der Waals surface area contributed by atoms with Gasteiger partial charge in [0.25, 0.3) is 0 Å². The molecule has 21 heavy (non-hydrogen) atoms. The lowest BCUT2D eigenvalue weighted by Crippen LogP contribution is -2.08. The van der Waals surface area contributed by atoms with E-state index in [4.69, 9.17) is 0 Å². The largest absolute Gasteiger partial charge is 0.357 e. The smallest absolute Gasteiger partial charge is 0.241 e. The summed E-state index contributed by atoms with van der Waals surface area (Å²) in [5.41, 5.74) is 0.947. The minimum atomic E-state index is 0.474. The van der Waals surface area contributed by atoms with Crippen LogP contribution in [0.1, 0.15) is 0 Å². The SMILES string of the molecule is CNc1nc(Nc2ccccc2I)nc(-n2ccnc2)n1. The molecular weight excluding hydrogens is 381 g/mol. The van der Waals surface area contributed by atoms with Crippen molar-refractivity contribution in [3.63, 3.8) is 0 Å². The number of hydrogen-bond donors (Lipinski definition) is 2. The van der Waals surface area contributed by atoms with Gasteiger partial charge in [-0.05, 0) is 34.7 Å². The summed E-state index contributed by atoms with van der Waals surface area (Å²) in [5.74, 6) is 1.46. The predicted octanol–water partition coefficient (Wildman–Crippen LogP) is 2.45. The Balaban J connectivity index is 1.99. The first-order valence-electron chi connectivity index (χ1n) is 6.20. The number of benzene rings is 1. The first-order valence-corrected chi connectivity index (χ1v) is 7.28. The van der Waals surface area contributed by atoms with Crippen molar-refractivity contribution in [3.05, 3.63) is 46.6 Å². The molecule has 106 valence electrons. The predicted molar refractivity (Wildman–Crippen MR) is 88.9 cm³/mol. The molecule has 8 heteroatoms. The summed E-state index contributed by atoms with van der Waals surface area (Å²) >= 11 is 2.26. The number of aromatic nitrogens is 5. The second kappa shape index (κ2) is 6.04. The second-order valence-electron chi connectivity index (χ2n) is 4.11. The summed E-state index contributed by atoms with van der Waals surface area (Å²) in [6.07, 6.45) is 5.10. The number of halogens is 1. The van der Waals surface area contributed by atoms with E-state index in [2.05, 4.69) is 53.2 Å². The van der Waals surface area contributed by atoms with Gasteiger partial charge in [-0.2, -0.15) is 15.0 Å². The summed E-state index contributed by atoms with van der Waals surface area (Å²) in [4.78, 5) is 17.0. The lowest BCUT2D eigenvalue weighted by atomic mass is 10.3. The quantitative estimate of drug-likeness (QED) is 0.663. The van der Waals surface area contributed by atoms with Crippen molar-refractivity contribution in [1.29, 1.82) is 0 Å². The van der Waals surface area contributed by atoms with E-state index in [1.54, 1.807) is 30.3 Å². The van der Waals surface area contributed by atoms with Crippen molar-refractivity contribution in [2.24, 2.45) is 0 Å². The van der Waals surface area contributed by atoms with E-state index in [0.717, 1.165) is 9.26 Å². The zero-order valence-electron chi connectivity index (χ0n) is 11.2. The van der Waals surface area contributed by atoms with Gasteiger partial charge in [0.05, 0.1) is 5.69 Å². The van der Waals surface area contributed by atoms with Crippen LogP contribution in [0.25, 0.3) is 5.95 Å². The lowest BCUT2D eigenvalue weighted by Gasteiger charge is -2.09. The van der Waals surface area contributed by atoms with E-state index >= 15 is 0 Å². The van der Waals surface area contributed by atoms with E-state index < -0.39 is 0 Å². The van der Waals surface area contributed by atoms with Gasteiger partial charge < -0.3 is 10.6 Å². The van der Waals surface area contributed by atoms with Crippen LogP contribution in [-0.4, -0.2) is 31.6 Å². The van der Waals surface area contributed by atoms with Gasteiger partial charge in [-0.1, -0.05) is 12.1 Å². The Bertz CT molecular complexity index is 742. The molecule has 0 bridgehead atoms. The maximum absolute atomic E-state index is 4.41. The van der Waals surface area contributed by atoms with Crippen molar-refractivity contribution in [1.82, 2.24) is 24.5 Å². The van der Waals surface area contributed by atoms with Crippen molar-refractivity contribution in [3.8, 4) is 5.95 Å². The fourth-order valence-corrected chi connectivity index (χ4v) is 2.23. The average Bonchev–Trinajstić information content (AvgIpc) is 3.04.